The number of nitrogens with zero attached hydrogens (tertiary/aromatic N) is 4. The molecule has 0 saturated carbocycles. The van der Waals surface area contributed by atoms with Gasteiger partial charge in [0.25, 0.3) is 0 Å². The van der Waals surface area contributed by atoms with Gasteiger partial charge in [-0.1, -0.05) is 6.58 Å². The summed E-state index contributed by atoms with van der Waals surface area (Å²) in [5.74, 6) is -0.733. The smallest absolute Gasteiger partial charge is 0.137 e. The van der Waals surface area contributed by atoms with Gasteiger partial charge in [0, 0.05) is 44.6 Å². The molecule has 126 valence electrons. The third kappa shape index (κ3) is 3.32. The molecule has 0 fully saturated rings. The summed E-state index contributed by atoms with van der Waals surface area (Å²) in [4.78, 5) is 14.7. The van der Waals surface area contributed by atoms with Crippen LogP contribution < -0.4 is 4.90 Å². The molecule has 0 bridgehead atoms. The van der Waals surface area contributed by atoms with Crippen molar-refractivity contribution in [1.29, 1.82) is 0 Å². The molecule has 0 aliphatic rings. The van der Waals surface area contributed by atoms with Gasteiger partial charge in [-0.15, -0.1) is 0 Å². The molecular formula is C18H20F2N4. The van der Waals surface area contributed by atoms with Gasteiger partial charge < -0.3 is 4.90 Å². The van der Waals surface area contributed by atoms with Crippen molar-refractivity contribution in [2.45, 2.75) is 13.8 Å². The predicted octanol–water partition coefficient (Wildman–Crippen LogP) is 4.24. The molecule has 6 heteroatoms. The lowest BCUT2D eigenvalue weighted by atomic mass is 10.1. The highest BCUT2D eigenvalue weighted by Gasteiger charge is 2.18. The number of allylic oxidation sites excluding steroid dienone is 1. The Hall–Kier alpha value is -2.63. The van der Waals surface area contributed by atoms with Crippen LogP contribution in [0.3, 0.4) is 0 Å². The van der Waals surface area contributed by atoms with Crippen molar-refractivity contribution >= 4 is 34.3 Å². The summed E-state index contributed by atoms with van der Waals surface area (Å²) in [6.45, 7) is 8.18. The van der Waals surface area contributed by atoms with Gasteiger partial charge in [0.05, 0.1) is 22.3 Å². The van der Waals surface area contributed by atoms with Gasteiger partial charge in [-0.25, -0.2) is 18.8 Å². The zero-order valence-electron chi connectivity index (χ0n) is 14.3. The number of aromatic nitrogens is 1. The van der Waals surface area contributed by atoms with Gasteiger partial charge in [-0.05, 0) is 19.9 Å². The maximum absolute atomic E-state index is 14.4. The topological polar surface area (TPSA) is 40.9 Å². The van der Waals surface area contributed by atoms with E-state index in [9.17, 15) is 8.78 Å². The van der Waals surface area contributed by atoms with Crippen LogP contribution in [0.25, 0.3) is 10.9 Å². The Morgan fingerprint density at radius 2 is 2.08 bits per heavy atom. The molecule has 0 atom stereocenters. The SMILES string of the molecule is C=CC(C=NC)=Nc1c(C)c(N(C)CC)nc2cc(F)cc(F)c12. The fourth-order valence-electron chi connectivity index (χ4n) is 2.42. The maximum Gasteiger partial charge on any atom is 0.137 e. The molecule has 0 spiro atoms. The Labute approximate surface area is 140 Å². The second-order valence-corrected chi connectivity index (χ2v) is 5.33. The van der Waals surface area contributed by atoms with Crippen LogP contribution in [-0.2, 0) is 0 Å². The van der Waals surface area contributed by atoms with Crippen LogP contribution in [-0.4, -0.2) is 37.6 Å². The molecule has 1 aromatic heterocycles. The number of benzene rings is 1. The van der Waals surface area contributed by atoms with Crippen LogP contribution >= 0.6 is 0 Å². The standard InChI is InChI=1S/C18H20F2N4/c1-6-13(10-21-4)22-17-11(3)18(24(5)7-2)23-15-9-12(19)8-14(20)16(15)17/h6,8-10H,1,7H2,2-5H3. The zero-order valence-corrected chi connectivity index (χ0v) is 14.3. The summed E-state index contributed by atoms with van der Waals surface area (Å²) in [6, 6.07) is 2.05. The normalized spacial score (nSPS) is 12.2. The molecule has 0 saturated heterocycles. The molecule has 24 heavy (non-hydrogen) atoms. The van der Waals surface area contributed by atoms with Crippen molar-refractivity contribution in [3.8, 4) is 0 Å². The summed E-state index contributed by atoms with van der Waals surface area (Å²) >= 11 is 0. The van der Waals surface area contributed by atoms with E-state index in [0.29, 0.717) is 29.3 Å². The summed E-state index contributed by atoms with van der Waals surface area (Å²) < 4.78 is 28.0. The van der Waals surface area contributed by atoms with E-state index in [2.05, 4.69) is 21.5 Å². The van der Waals surface area contributed by atoms with E-state index < -0.39 is 11.6 Å². The van der Waals surface area contributed by atoms with Crippen LogP contribution in [0.15, 0.2) is 34.8 Å². The molecule has 1 aromatic carbocycles. The lowest BCUT2D eigenvalue weighted by Gasteiger charge is -2.20. The molecule has 0 N–H and O–H groups in total. The van der Waals surface area contributed by atoms with Gasteiger partial charge in [-0.2, -0.15) is 0 Å². The van der Waals surface area contributed by atoms with E-state index in [1.54, 1.807) is 7.05 Å². The fourth-order valence-corrected chi connectivity index (χ4v) is 2.42. The molecule has 1 heterocycles. The first-order valence-electron chi connectivity index (χ1n) is 7.56. The average molecular weight is 330 g/mol. The van der Waals surface area contributed by atoms with Gasteiger partial charge in [0.1, 0.15) is 17.5 Å². The van der Waals surface area contributed by atoms with E-state index in [4.69, 9.17) is 0 Å². The Morgan fingerprint density at radius 3 is 2.67 bits per heavy atom. The van der Waals surface area contributed by atoms with E-state index in [-0.39, 0.29) is 10.9 Å². The van der Waals surface area contributed by atoms with Crippen molar-refractivity contribution < 1.29 is 8.78 Å². The number of aliphatic imine (C=N–C) groups is 2. The first kappa shape index (κ1) is 17.7. The van der Waals surface area contributed by atoms with Crippen LogP contribution in [0.2, 0.25) is 0 Å². The van der Waals surface area contributed by atoms with Crippen LogP contribution in [0.4, 0.5) is 20.3 Å². The molecular weight excluding hydrogens is 310 g/mol. The third-order valence-corrected chi connectivity index (χ3v) is 3.74. The molecule has 2 rings (SSSR count). The van der Waals surface area contributed by atoms with Gasteiger partial charge in [-0.3, -0.25) is 4.99 Å². The lowest BCUT2D eigenvalue weighted by molar-refractivity contribution is 0.591. The second kappa shape index (κ2) is 7.29. The third-order valence-electron chi connectivity index (χ3n) is 3.74. The minimum absolute atomic E-state index is 0.186. The van der Waals surface area contributed by atoms with Crippen molar-refractivity contribution in [2.75, 3.05) is 25.5 Å². The summed E-state index contributed by atoms with van der Waals surface area (Å²) in [7, 11) is 3.48. The number of hydrogen-bond donors (Lipinski definition) is 0. The molecule has 0 unspecified atom stereocenters. The Morgan fingerprint density at radius 1 is 1.38 bits per heavy atom. The van der Waals surface area contributed by atoms with Gasteiger partial charge in [0.15, 0.2) is 0 Å². The van der Waals surface area contributed by atoms with Gasteiger partial charge >= 0.3 is 0 Å². The van der Waals surface area contributed by atoms with Crippen molar-refractivity contribution in [3.63, 3.8) is 0 Å². The van der Waals surface area contributed by atoms with Crippen molar-refractivity contribution in [2.24, 2.45) is 9.98 Å². The molecule has 0 amide bonds. The predicted molar refractivity (Wildman–Crippen MR) is 97.0 cm³/mol. The van der Waals surface area contributed by atoms with Crippen molar-refractivity contribution in [3.05, 3.63) is 42.0 Å². The number of hydrogen-bond acceptors (Lipinski definition) is 4. The number of halogens is 2. The highest BCUT2D eigenvalue weighted by atomic mass is 19.1. The van der Waals surface area contributed by atoms with E-state index >= 15 is 0 Å². The summed E-state index contributed by atoms with van der Waals surface area (Å²) in [5, 5.41) is 0.186. The molecule has 2 aromatic rings. The lowest BCUT2D eigenvalue weighted by Crippen LogP contribution is -2.18. The highest BCUT2D eigenvalue weighted by molar-refractivity contribution is 6.36. The number of rotatable bonds is 5. The number of fused-ring (bicyclic) bond motifs is 1. The van der Waals surface area contributed by atoms with E-state index in [0.717, 1.165) is 6.07 Å². The largest absolute Gasteiger partial charge is 0.360 e. The summed E-state index contributed by atoms with van der Waals surface area (Å²) in [6.07, 6.45) is 3.06. The fraction of sp³-hybridized carbons (Fsp3) is 0.278. The Bertz CT molecular complexity index is 841. The number of anilines is 1. The summed E-state index contributed by atoms with van der Waals surface area (Å²) in [5.41, 5.74) is 1.83. The Balaban J connectivity index is 2.93. The molecule has 0 aliphatic heterocycles. The van der Waals surface area contributed by atoms with E-state index in [1.807, 2.05) is 25.8 Å². The van der Waals surface area contributed by atoms with E-state index in [1.165, 1.54) is 18.4 Å². The molecule has 0 aliphatic carbocycles. The monoisotopic (exact) mass is 330 g/mol. The van der Waals surface area contributed by atoms with Crippen LogP contribution in [0.5, 0.6) is 0 Å². The highest BCUT2D eigenvalue weighted by Crippen LogP contribution is 2.36. The van der Waals surface area contributed by atoms with Crippen molar-refractivity contribution in [1.82, 2.24) is 4.98 Å². The maximum atomic E-state index is 14.4. The zero-order chi connectivity index (χ0) is 17.9. The minimum Gasteiger partial charge on any atom is -0.360 e. The molecule has 0 radical (unpaired) electrons. The van der Waals surface area contributed by atoms with Crippen LogP contribution in [0, 0.1) is 18.6 Å². The molecule has 4 nitrogen and oxygen atoms in total. The van der Waals surface area contributed by atoms with Gasteiger partial charge in [0.2, 0.25) is 0 Å². The first-order valence-corrected chi connectivity index (χ1v) is 7.56. The van der Waals surface area contributed by atoms with Crippen LogP contribution in [0.1, 0.15) is 12.5 Å². The quantitative estimate of drug-likeness (QED) is 0.770. The number of pyridine rings is 1. The second-order valence-electron chi connectivity index (χ2n) is 5.33. The minimum atomic E-state index is -0.693. The average Bonchev–Trinajstić information content (AvgIpc) is 2.55. The Kier molecular flexibility index (Phi) is 5.39. The first-order chi connectivity index (χ1) is 11.4.